The minimum atomic E-state index is -3.58. The van der Waals surface area contributed by atoms with Crippen molar-refractivity contribution in [1.82, 2.24) is 4.31 Å². The van der Waals surface area contributed by atoms with E-state index in [1.807, 2.05) is 13.8 Å². The van der Waals surface area contributed by atoms with Crippen molar-refractivity contribution >= 4 is 16.0 Å². The quantitative estimate of drug-likeness (QED) is 0.795. The number of aliphatic carboxylic acids is 1. The zero-order valence-corrected chi connectivity index (χ0v) is 11.3. The summed E-state index contributed by atoms with van der Waals surface area (Å²) >= 11 is 0. The van der Waals surface area contributed by atoms with Crippen LogP contribution < -0.4 is 0 Å². The summed E-state index contributed by atoms with van der Waals surface area (Å²) in [5, 5.41) is 8.72. The molecule has 0 heterocycles. The molecule has 6 heteroatoms. The van der Waals surface area contributed by atoms with E-state index in [-0.39, 0.29) is 12.5 Å². The van der Waals surface area contributed by atoms with Crippen LogP contribution in [0.5, 0.6) is 0 Å². The van der Waals surface area contributed by atoms with Crippen LogP contribution in [0.15, 0.2) is 0 Å². The van der Waals surface area contributed by atoms with Gasteiger partial charge in [-0.15, -0.1) is 0 Å². The normalized spacial score (nSPS) is 13.4. The summed E-state index contributed by atoms with van der Waals surface area (Å²) in [6.07, 6.45) is 0. The molecule has 0 aromatic heterocycles. The fraction of sp³-hybridized carbons (Fsp3) is 0.900. The maximum atomic E-state index is 12.1. The summed E-state index contributed by atoms with van der Waals surface area (Å²) in [4.78, 5) is 10.7. The molecule has 0 bridgehead atoms. The zero-order valence-electron chi connectivity index (χ0n) is 10.5. The van der Waals surface area contributed by atoms with Crippen LogP contribution in [0.2, 0.25) is 0 Å². The Morgan fingerprint density at radius 2 is 1.75 bits per heavy atom. The second kappa shape index (κ2) is 5.14. The highest BCUT2D eigenvalue weighted by molar-refractivity contribution is 7.90. The van der Waals surface area contributed by atoms with Crippen molar-refractivity contribution in [3.05, 3.63) is 0 Å². The van der Waals surface area contributed by atoms with E-state index < -0.39 is 27.3 Å². The van der Waals surface area contributed by atoms with Crippen molar-refractivity contribution in [3.8, 4) is 0 Å². The van der Waals surface area contributed by atoms with Crippen molar-refractivity contribution in [2.75, 3.05) is 13.1 Å². The van der Waals surface area contributed by atoms with E-state index in [1.165, 1.54) is 0 Å². The fourth-order valence-electron chi connectivity index (χ4n) is 1.19. The predicted molar refractivity (Wildman–Crippen MR) is 62.7 cm³/mol. The smallest absolute Gasteiger partial charge is 0.318 e. The maximum Gasteiger partial charge on any atom is 0.318 e. The number of nitrogens with zero attached hydrogens (tertiary/aromatic N) is 1. The van der Waals surface area contributed by atoms with Crippen molar-refractivity contribution in [2.24, 2.45) is 5.92 Å². The highest BCUT2D eigenvalue weighted by Crippen LogP contribution is 2.21. The molecule has 0 aliphatic heterocycles. The van der Waals surface area contributed by atoms with Crippen LogP contribution in [0.25, 0.3) is 0 Å². The predicted octanol–water partition coefficient (Wildman–Crippen LogP) is 1.16. The van der Waals surface area contributed by atoms with Crippen LogP contribution in [0, 0.1) is 5.92 Å². The molecule has 96 valence electrons. The topological polar surface area (TPSA) is 74.7 Å². The van der Waals surface area contributed by atoms with E-state index >= 15 is 0 Å². The Hall–Kier alpha value is -0.620. The third-order valence-electron chi connectivity index (χ3n) is 1.99. The number of hydrogen-bond donors (Lipinski definition) is 1. The molecule has 0 amide bonds. The number of hydrogen-bond acceptors (Lipinski definition) is 3. The van der Waals surface area contributed by atoms with Gasteiger partial charge in [-0.05, 0) is 26.7 Å². The van der Waals surface area contributed by atoms with E-state index in [4.69, 9.17) is 5.11 Å². The van der Waals surface area contributed by atoms with E-state index in [1.54, 1.807) is 20.8 Å². The summed E-state index contributed by atoms with van der Waals surface area (Å²) in [6, 6.07) is 0. The summed E-state index contributed by atoms with van der Waals surface area (Å²) in [5.74, 6) is -1.04. The molecule has 0 atom stereocenters. The van der Waals surface area contributed by atoms with Gasteiger partial charge in [0, 0.05) is 6.54 Å². The molecule has 0 unspecified atom stereocenters. The van der Waals surface area contributed by atoms with Crippen molar-refractivity contribution in [3.63, 3.8) is 0 Å². The zero-order chi connectivity index (χ0) is 13.1. The first kappa shape index (κ1) is 15.4. The molecule has 0 aliphatic rings. The monoisotopic (exact) mass is 251 g/mol. The minimum absolute atomic E-state index is 0.0940. The second-order valence-corrected chi connectivity index (χ2v) is 7.89. The van der Waals surface area contributed by atoms with Crippen LogP contribution in [-0.4, -0.2) is 41.6 Å². The third-order valence-corrected chi connectivity index (χ3v) is 4.50. The van der Waals surface area contributed by atoms with Gasteiger partial charge >= 0.3 is 5.97 Å². The van der Waals surface area contributed by atoms with Gasteiger partial charge in [-0.25, -0.2) is 8.42 Å². The average molecular weight is 251 g/mol. The summed E-state index contributed by atoms with van der Waals surface area (Å²) in [6.45, 7) is 8.16. The first-order chi connectivity index (χ1) is 6.98. The lowest BCUT2D eigenvalue weighted by molar-refractivity contribution is -0.137. The molecule has 0 fully saturated rings. The van der Waals surface area contributed by atoms with Gasteiger partial charge in [0.15, 0.2) is 0 Å². The largest absolute Gasteiger partial charge is 0.480 e. The van der Waals surface area contributed by atoms with Gasteiger partial charge in [0.05, 0.1) is 4.75 Å². The molecule has 0 saturated carbocycles. The lowest BCUT2D eigenvalue weighted by atomic mass is 10.2. The standard InChI is InChI=1S/C10H21NO4S/c1-8(2)6-11(7-9(12)13)16(14,15)10(3,4)5/h8H,6-7H2,1-5H3,(H,12,13). The van der Waals surface area contributed by atoms with Crippen molar-refractivity contribution < 1.29 is 18.3 Å². The van der Waals surface area contributed by atoms with E-state index in [9.17, 15) is 13.2 Å². The highest BCUT2D eigenvalue weighted by atomic mass is 32.2. The lowest BCUT2D eigenvalue weighted by Crippen LogP contribution is -2.46. The number of carbonyl (C=O) groups is 1. The summed E-state index contributed by atoms with van der Waals surface area (Å²) in [7, 11) is -3.58. The summed E-state index contributed by atoms with van der Waals surface area (Å²) < 4.78 is 24.2. The molecule has 1 N–H and O–H groups in total. The molecule has 0 aromatic carbocycles. The van der Waals surface area contributed by atoms with Gasteiger partial charge < -0.3 is 5.11 Å². The van der Waals surface area contributed by atoms with E-state index in [0.29, 0.717) is 0 Å². The molecule has 5 nitrogen and oxygen atoms in total. The van der Waals surface area contributed by atoms with Gasteiger partial charge in [-0.3, -0.25) is 4.79 Å². The fourth-order valence-corrected chi connectivity index (χ4v) is 2.74. The lowest BCUT2D eigenvalue weighted by Gasteiger charge is -2.29. The molecule has 0 saturated heterocycles. The number of carboxylic acid groups (broad SMARTS) is 1. The molecule has 0 spiro atoms. The molecule has 0 rings (SSSR count). The maximum absolute atomic E-state index is 12.1. The van der Waals surface area contributed by atoms with Gasteiger partial charge in [0.2, 0.25) is 10.0 Å². The molecular weight excluding hydrogens is 230 g/mol. The number of sulfonamides is 1. The Kier molecular flexibility index (Phi) is 4.94. The van der Waals surface area contributed by atoms with Gasteiger partial charge in [-0.1, -0.05) is 13.8 Å². The number of carboxylic acids is 1. The van der Waals surface area contributed by atoms with Crippen LogP contribution in [0.3, 0.4) is 0 Å². The molecule has 0 aliphatic carbocycles. The van der Waals surface area contributed by atoms with Crippen LogP contribution in [0.4, 0.5) is 0 Å². The van der Waals surface area contributed by atoms with Gasteiger partial charge in [0.25, 0.3) is 0 Å². The SMILES string of the molecule is CC(C)CN(CC(=O)O)S(=O)(=O)C(C)(C)C. The van der Waals surface area contributed by atoms with Crippen molar-refractivity contribution in [2.45, 2.75) is 39.4 Å². The molecule has 0 radical (unpaired) electrons. The Labute approximate surface area is 97.5 Å². The Bertz CT molecular complexity index is 340. The van der Waals surface area contributed by atoms with E-state index in [2.05, 4.69) is 0 Å². The second-order valence-electron chi connectivity index (χ2n) is 5.20. The Balaban J connectivity index is 5.11. The Morgan fingerprint density at radius 3 is 2.00 bits per heavy atom. The first-order valence-corrected chi connectivity index (χ1v) is 6.64. The van der Waals surface area contributed by atoms with Gasteiger partial charge in [-0.2, -0.15) is 4.31 Å². The average Bonchev–Trinajstić information content (AvgIpc) is 1.98. The third kappa shape index (κ3) is 4.09. The number of rotatable bonds is 5. The highest BCUT2D eigenvalue weighted by Gasteiger charge is 2.36. The van der Waals surface area contributed by atoms with Crippen LogP contribution in [0.1, 0.15) is 34.6 Å². The molecule has 16 heavy (non-hydrogen) atoms. The Morgan fingerprint density at radius 1 is 1.31 bits per heavy atom. The first-order valence-electron chi connectivity index (χ1n) is 5.20. The van der Waals surface area contributed by atoms with E-state index in [0.717, 1.165) is 4.31 Å². The van der Waals surface area contributed by atoms with Crippen LogP contribution >= 0.6 is 0 Å². The summed E-state index contributed by atoms with van der Waals surface area (Å²) in [5.41, 5.74) is 0. The van der Waals surface area contributed by atoms with Crippen molar-refractivity contribution in [1.29, 1.82) is 0 Å². The molecule has 0 aromatic rings. The van der Waals surface area contributed by atoms with Crippen LogP contribution in [-0.2, 0) is 14.8 Å². The van der Waals surface area contributed by atoms with Gasteiger partial charge in [0.1, 0.15) is 6.54 Å². The molecular formula is C10H21NO4S. The minimum Gasteiger partial charge on any atom is -0.480 e.